The highest BCUT2D eigenvalue weighted by Gasteiger charge is 2.08. The quantitative estimate of drug-likeness (QED) is 0.455. The maximum absolute atomic E-state index is 6.18. The van der Waals surface area contributed by atoms with Crippen LogP contribution in [0.4, 0.5) is 0 Å². The Balaban J connectivity index is 1.66. The maximum Gasteiger partial charge on any atom is 0.0409 e. The number of nitrogens with zero attached hydrogens (tertiary/aromatic N) is 1. The third kappa shape index (κ3) is 6.01. The molecule has 0 bridgehead atoms. The molecule has 0 atom stereocenters. The molecule has 26 heavy (non-hydrogen) atoms. The number of hydrogen-bond acceptors (Lipinski definition) is 1. The van der Waals surface area contributed by atoms with Crippen molar-refractivity contribution in [3.8, 4) is 0 Å². The molecule has 0 saturated carbocycles. The van der Waals surface area contributed by atoms with Crippen molar-refractivity contribution in [2.24, 2.45) is 0 Å². The van der Waals surface area contributed by atoms with E-state index in [4.69, 9.17) is 11.6 Å². The number of rotatable bonds is 8. The summed E-state index contributed by atoms with van der Waals surface area (Å²) in [5, 5.41) is 0.808. The Kier molecular flexibility index (Phi) is 6.88. The highest BCUT2D eigenvalue weighted by Crippen LogP contribution is 2.16. The molecule has 0 radical (unpaired) electrons. The largest absolute Gasteiger partial charge is 0.295 e. The van der Waals surface area contributed by atoms with E-state index in [-0.39, 0.29) is 0 Å². The maximum atomic E-state index is 6.18. The fourth-order valence-electron chi connectivity index (χ4n) is 3.33. The Morgan fingerprint density at radius 1 is 0.731 bits per heavy atom. The van der Waals surface area contributed by atoms with Gasteiger partial charge in [0.2, 0.25) is 0 Å². The van der Waals surface area contributed by atoms with Crippen LogP contribution in [-0.2, 0) is 19.5 Å². The Morgan fingerprint density at radius 2 is 1.38 bits per heavy atom. The fourth-order valence-corrected chi connectivity index (χ4v) is 3.54. The van der Waals surface area contributed by atoms with Crippen molar-refractivity contribution in [1.82, 2.24) is 4.90 Å². The van der Waals surface area contributed by atoms with Gasteiger partial charge in [-0.05, 0) is 55.1 Å². The van der Waals surface area contributed by atoms with Gasteiger partial charge in [-0.2, -0.15) is 0 Å². The van der Waals surface area contributed by atoms with E-state index in [0.29, 0.717) is 0 Å². The number of aryl methyl sites for hydroxylation is 2. The van der Waals surface area contributed by atoms with Gasteiger partial charge in [-0.3, -0.25) is 4.90 Å². The van der Waals surface area contributed by atoms with E-state index in [1.807, 2.05) is 12.1 Å². The highest BCUT2D eigenvalue weighted by atomic mass is 35.5. The predicted molar refractivity (Wildman–Crippen MR) is 112 cm³/mol. The third-order valence-corrected chi connectivity index (χ3v) is 4.80. The van der Waals surface area contributed by atoms with Crippen molar-refractivity contribution in [2.75, 3.05) is 6.54 Å². The minimum absolute atomic E-state index is 0.808. The summed E-state index contributed by atoms with van der Waals surface area (Å²) in [5.41, 5.74) is 5.36. The minimum Gasteiger partial charge on any atom is -0.295 e. The van der Waals surface area contributed by atoms with Gasteiger partial charge in [-0.25, -0.2) is 0 Å². The van der Waals surface area contributed by atoms with Crippen LogP contribution >= 0.6 is 11.6 Å². The van der Waals surface area contributed by atoms with Gasteiger partial charge in [0.15, 0.2) is 0 Å². The van der Waals surface area contributed by atoms with E-state index >= 15 is 0 Å². The van der Waals surface area contributed by atoms with Gasteiger partial charge in [0.25, 0.3) is 0 Å². The molecule has 0 saturated heterocycles. The molecule has 1 nitrogen and oxygen atoms in total. The van der Waals surface area contributed by atoms with Crippen molar-refractivity contribution in [2.45, 2.75) is 32.9 Å². The van der Waals surface area contributed by atoms with Crippen molar-refractivity contribution < 1.29 is 0 Å². The standard InChI is InChI=1S/C24H26ClN/c1-20-8-5-11-22(16-20)18-26(19-23-12-6-14-24(25)17-23)15-7-13-21-9-3-2-4-10-21/h2-6,8-12,14,16-17H,7,13,15,18-19H2,1H3. The van der Waals surface area contributed by atoms with Gasteiger partial charge < -0.3 is 0 Å². The normalized spacial score (nSPS) is 11.0. The van der Waals surface area contributed by atoms with E-state index in [1.54, 1.807) is 0 Å². The van der Waals surface area contributed by atoms with E-state index < -0.39 is 0 Å². The summed E-state index contributed by atoms with van der Waals surface area (Å²) in [6.07, 6.45) is 2.26. The van der Waals surface area contributed by atoms with Gasteiger partial charge in [-0.1, -0.05) is 83.9 Å². The summed E-state index contributed by atoms with van der Waals surface area (Å²) in [4.78, 5) is 2.52. The lowest BCUT2D eigenvalue weighted by atomic mass is 10.1. The van der Waals surface area contributed by atoms with Crippen LogP contribution in [0.2, 0.25) is 5.02 Å². The zero-order chi connectivity index (χ0) is 18.2. The molecule has 134 valence electrons. The molecule has 0 fully saturated rings. The van der Waals surface area contributed by atoms with Crippen molar-refractivity contribution >= 4 is 11.6 Å². The lowest BCUT2D eigenvalue weighted by molar-refractivity contribution is 0.253. The van der Waals surface area contributed by atoms with Gasteiger partial charge in [0, 0.05) is 18.1 Å². The third-order valence-electron chi connectivity index (χ3n) is 4.57. The number of benzene rings is 3. The second kappa shape index (κ2) is 9.56. The van der Waals surface area contributed by atoms with E-state index in [9.17, 15) is 0 Å². The first-order chi connectivity index (χ1) is 12.7. The van der Waals surface area contributed by atoms with Crippen LogP contribution in [0.5, 0.6) is 0 Å². The highest BCUT2D eigenvalue weighted by molar-refractivity contribution is 6.30. The Hall–Kier alpha value is -2.09. The lowest BCUT2D eigenvalue weighted by Gasteiger charge is -2.23. The van der Waals surface area contributed by atoms with Crippen LogP contribution in [0.25, 0.3) is 0 Å². The first-order valence-corrected chi connectivity index (χ1v) is 9.63. The molecule has 0 aliphatic carbocycles. The summed E-state index contributed by atoms with van der Waals surface area (Å²) >= 11 is 6.18. The number of halogens is 1. The molecule has 3 aromatic rings. The van der Waals surface area contributed by atoms with Gasteiger partial charge in [0.05, 0.1) is 0 Å². The second-order valence-electron chi connectivity index (χ2n) is 6.92. The van der Waals surface area contributed by atoms with Crippen LogP contribution in [0.3, 0.4) is 0 Å². The SMILES string of the molecule is Cc1cccc(CN(CCCc2ccccc2)Cc2cccc(Cl)c2)c1. The Bertz CT molecular complexity index is 766. The molecule has 0 aliphatic rings. The summed E-state index contributed by atoms with van der Waals surface area (Å²) in [5.74, 6) is 0. The molecular formula is C24H26ClN. The molecule has 0 spiro atoms. The average molecular weight is 364 g/mol. The molecule has 0 N–H and O–H groups in total. The monoisotopic (exact) mass is 363 g/mol. The van der Waals surface area contributed by atoms with Gasteiger partial charge >= 0.3 is 0 Å². The molecule has 3 aromatic carbocycles. The summed E-state index contributed by atoms with van der Waals surface area (Å²) in [6, 6.07) is 27.7. The van der Waals surface area contributed by atoms with Crippen LogP contribution in [-0.4, -0.2) is 11.4 Å². The zero-order valence-corrected chi connectivity index (χ0v) is 16.1. The van der Waals surface area contributed by atoms with Gasteiger partial charge in [0.1, 0.15) is 0 Å². The molecular weight excluding hydrogens is 338 g/mol. The van der Waals surface area contributed by atoms with Crippen LogP contribution in [0.15, 0.2) is 78.9 Å². The van der Waals surface area contributed by atoms with Crippen molar-refractivity contribution in [3.05, 3.63) is 106 Å². The van der Waals surface area contributed by atoms with Crippen LogP contribution in [0.1, 0.15) is 28.7 Å². The smallest absolute Gasteiger partial charge is 0.0409 e. The summed E-state index contributed by atoms with van der Waals surface area (Å²) in [6.45, 7) is 5.10. The first-order valence-electron chi connectivity index (χ1n) is 9.25. The van der Waals surface area contributed by atoms with Crippen LogP contribution < -0.4 is 0 Å². The Labute approximate surface area is 162 Å². The van der Waals surface area contributed by atoms with Crippen molar-refractivity contribution in [3.63, 3.8) is 0 Å². The molecule has 0 unspecified atom stereocenters. The topological polar surface area (TPSA) is 3.24 Å². The molecule has 3 rings (SSSR count). The summed E-state index contributed by atoms with van der Waals surface area (Å²) in [7, 11) is 0. The number of hydrogen-bond donors (Lipinski definition) is 0. The van der Waals surface area contributed by atoms with Crippen molar-refractivity contribution in [1.29, 1.82) is 0 Å². The molecule has 2 heteroatoms. The van der Waals surface area contributed by atoms with Gasteiger partial charge in [-0.15, -0.1) is 0 Å². The van der Waals surface area contributed by atoms with E-state index in [1.165, 1.54) is 22.3 Å². The predicted octanol–water partition coefficient (Wildman–Crippen LogP) is 6.28. The average Bonchev–Trinajstić information content (AvgIpc) is 2.62. The molecule has 0 aliphatic heterocycles. The second-order valence-corrected chi connectivity index (χ2v) is 7.36. The molecule has 0 heterocycles. The Morgan fingerprint density at radius 3 is 2.08 bits per heavy atom. The molecule has 0 amide bonds. The van der Waals surface area contributed by atoms with E-state index in [2.05, 4.69) is 78.6 Å². The minimum atomic E-state index is 0.808. The van der Waals surface area contributed by atoms with Crippen LogP contribution in [0, 0.1) is 6.92 Å². The molecule has 0 aromatic heterocycles. The zero-order valence-electron chi connectivity index (χ0n) is 15.4. The lowest BCUT2D eigenvalue weighted by Crippen LogP contribution is -2.24. The van der Waals surface area contributed by atoms with E-state index in [0.717, 1.165) is 37.5 Å². The first kappa shape index (κ1) is 18.7. The fraction of sp³-hybridized carbons (Fsp3) is 0.250. The summed E-state index contributed by atoms with van der Waals surface area (Å²) < 4.78 is 0.